The van der Waals surface area contributed by atoms with Gasteiger partial charge in [0.15, 0.2) is 0 Å². The number of aliphatic hydroxyl groups is 1. The summed E-state index contributed by atoms with van der Waals surface area (Å²) in [5.41, 5.74) is 0. The van der Waals surface area contributed by atoms with Gasteiger partial charge in [-0.25, -0.2) is 0 Å². The third kappa shape index (κ3) is 5.92. The minimum atomic E-state index is 0.0909. The van der Waals surface area contributed by atoms with E-state index in [1.165, 1.54) is 0 Å². The van der Waals surface area contributed by atoms with Gasteiger partial charge < -0.3 is 9.84 Å². The van der Waals surface area contributed by atoms with E-state index in [1.807, 2.05) is 0 Å². The van der Waals surface area contributed by atoms with Crippen LogP contribution in [-0.4, -0.2) is 18.3 Å². The van der Waals surface area contributed by atoms with Crippen molar-refractivity contribution in [3.63, 3.8) is 0 Å². The van der Waals surface area contributed by atoms with Crippen molar-refractivity contribution in [2.45, 2.75) is 12.8 Å². The molecule has 48 valence electrons. The molecule has 0 aliphatic heterocycles. The second kappa shape index (κ2) is 6.92. The summed E-state index contributed by atoms with van der Waals surface area (Å²) in [5.74, 6) is 0. The van der Waals surface area contributed by atoms with Crippen LogP contribution in [0, 0.1) is 13.5 Å². The Morgan fingerprint density at radius 3 is 2.88 bits per heavy atom. The van der Waals surface area contributed by atoms with Crippen LogP contribution < -0.4 is 0 Å². The van der Waals surface area contributed by atoms with Crippen molar-refractivity contribution >= 4 is 0 Å². The number of unbranched alkanes of at least 4 members (excludes halogenated alkanes) is 1. The van der Waals surface area contributed by atoms with Crippen LogP contribution in [0.3, 0.4) is 0 Å². The molecule has 0 aromatic heterocycles. The molecule has 0 unspecified atom stereocenters. The van der Waals surface area contributed by atoms with E-state index in [0.29, 0.717) is 6.61 Å². The molecule has 8 heavy (non-hydrogen) atoms. The molecular formula is C6H12O2. The van der Waals surface area contributed by atoms with Gasteiger partial charge in [-0.15, -0.1) is 0 Å². The summed E-state index contributed by atoms with van der Waals surface area (Å²) >= 11 is 0. The molecule has 0 saturated heterocycles. The molecule has 0 fully saturated rings. The fourth-order valence-electron chi connectivity index (χ4n) is 0.303. The van der Waals surface area contributed by atoms with Gasteiger partial charge in [-0.1, -0.05) is 13.3 Å². The molecule has 0 spiro atoms. The molecule has 1 N–H and O–H groups in total. The molecule has 2 nitrogen and oxygen atoms in total. The standard InChI is InChI=1S/C6H12O2/c1-2-3-5-8-6-4-7/h5,7H,1-4,6H2. The third-order valence-electron chi connectivity index (χ3n) is 0.649. The summed E-state index contributed by atoms with van der Waals surface area (Å²) in [4.78, 5) is 0. The smallest absolute Gasteiger partial charge is 0.0837 e. The van der Waals surface area contributed by atoms with E-state index in [9.17, 15) is 0 Å². The van der Waals surface area contributed by atoms with E-state index < -0.39 is 0 Å². The van der Waals surface area contributed by atoms with Gasteiger partial charge in [0, 0.05) is 0 Å². The van der Waals surface area contributed by atoms with Gasteiger partial charge in [0.25, 0.3) is 0 Å². The van der Waals surface area contributed by atoms with Gasteiger partial charge in [0.1, 0.15) is 0 Å². The van der Waals surface area contributed by atoms with Crippen molar-refractivity contribution < 1.29 is 9.84 Å². The Kier molecular flexibility index (Phi) is 6.85. The maximum Gasteiger partial charge on any atom is 0.0837 e. The van der Waals surface area contributed by atoms with E-state index in [0.717, 1.165) is 12.8 Å². The van der Waals surface area contributed by atoms with Crippen LogP contribution >= 0.6 is 0 Å². The molecule has 0 atom stereocenters. The maximum absolute atomic E-state index is 8.20. The Labute approximate surface area is 50.5 Å². The molecule has 0 rings (SSSR count). The Morgan fingerprint density at radius 1 is 1.62 bits per heavy atom. The minimum Gasteiger partial charge on any atom is -0.394 e. The topological polar surface area (TPSA) is 29.5 Å². The average Bonchev–Trinajstić information content (AvgIpc) is 1.81. The quantitative estimate of drug-likeness (QED) is 0.538. The fraction of sp³-hybridized carbons (Fsp3) is 0.667. The number of hydrogen-bond donors (Lipinski definition) is 1. The molecule has 0 heterocycles. The van der Waals surface area contributed by atoms with E-state index in [2.05, 4.69) is 6.92 Å². The van der Waals surface area contributed by atoms with Crippen LogP contribution in [0.4, 0.5) is 0 Å². The van der Waals surface area contributed by atoms with E-state index >= 15 is 0 Å². The average molecular weight is 116 g/mol. The van der Waals surface area contributed by atoms with Crippen LogP contribution in [-0.2, 0) is 4.74 Å². The SMILES string of the molecule is [CH2]CC[CH]OCCO. The first kappa shape index (κ1) is 7.92. The lowest BCUT2D eigenvalue weighted by Crippen LogP contribution is -1.95. The summed E-state index contributed by atoms with van der Waals surface area (Å²) in [6.45, 7) is 5.77. The van der Waals surface area contributed by atoms with Crippen molar-refractivity contribution in [1.29, 1.82) is 0 Å². The van der Waals surface area contributed by atoms with Gasteiger partial charge in [-0.05, 0) is 6.42 Å². The van der Waals surface area contributed by atoms with Gasteiger partial charge in [0.2, 0.25) is 0 Å². The van der Waals surface area contributed by atoms with Gasteiger partial charge in [-0.2, -0.15) is 0 Å². The number of ether oxygens (including phenoxy) is 1. The third-order valence-corrected chi connectivity index (χ3v) is 0.649. The molecule has 2 heteroatoms. The van der Waals surface area contributed by atoms with Crippen molar-refractivity contribution in [3.05, 3.63) is 13.5 Å². The summed E-state index contributed by atoms with van der Waals surface area (Å²) in [6.07, 6.45) is 1.71. The highest BCUT2D eigenvalue weighted by Crippen LogP contribution is 1.91. The lowest BCUT2D eigenvalue weighted by molar-refractivity contribution is 0.133. The highest BCUT2D eigenvalue weighted by atomic mass is 16.5. The molecule has 0 amide bonds. The second-order valence-electron chi connectivity index (χ2n) is 1.40. The molecular weight excluding hydrogens is 104 g/mol. The minimum absolute atomic E-state index is 0.0909. The first-order valence-electron chi connectivity index (χ1n) is 2.75. The zero-order chi connectivity index (χ0) is 6.24. The number of hydrogen-bond acceptors (Lipinski definition) is 2. The monoisotopic (exact) mass is 116 g/mol. The molecule has 2 radical (unpaired) electrons. The highest BCUT2D eigenvalue weighted by Gasteiger charge is 1.83. The van der Waals surface area contributed by atoms with Crippen LogP contribution in [0.2, 0.25) is 0 Å². The van der Waals surface area contributed by atoms with Crippen molar-refractivity contribution in [2.75, 3.05) is 13.2 Å². The van der Waals surface area contributed by atoms with Crippen LogP contribution in [0.1, 0.15) is 12.8 Å². The van der Waals surface area contributed by atoms with Gasteiger partial charge in [-0.3, -0.25) is 0 Å². The lowest BCUT2D eigenvalue weighted by atomic mass is 10.4. The molecule has 0 saturated carbocycles. The molecule has 0 aliphatic carbocycles. The fourth-order valence-corrected chi connectivity index (χ4v) is 0.303. The first-order valence-corrected chi connectivity index (χ1v) is 2.75. The normalized spacial score (nSPS) is 9.75. The zero-order valence-electron chi connectivity index (χ0n) is 4.97. The molecule has 0 aromatic carbocycles. The number of aliphatic hydroxyl groups excluding tert-OH is 1. The van der Waals surface area contributed by atoms with Crippen LogP contribution in [0.5, 0.6) is 0 Å². The predicted octanol–water partition coefficient (Wildman–Crippen LogP) is 0.771. The largest absolute Gasteiger partial charge is 0.394 e. The van der Waals surface area contributed by atoms with E-state index in [-0.39, 0.29) is 6.61 Å². The summed E-state index contributed by atoms with van der Waals surface area (Å²) in [6, 6.07) is 0. The Hall–Kier alpha value is -0.0800. The Bertz CT molecular complexity index is 31.5. The predicted molar refractivity (Wildman–Crippen MR) is 31.9 cm³/mol. The second-order valence-corrected chi connectivity index (χ2v) is 1.40. The number of rotatable bonds is 5. The lowest BCUT2D eigenvalue weighted by Gasteiger charge is -1.96. The van der Waals surface area contributed by atoms with Gasteiger partial charge >= 0.3 is 0 Å². The Balaban J connectivity index is 2.53. The van der Waals surface area contributed by atoms with Gasteiger partial charge in [0.05, 0.1) is 19.8 Å². The van der Waals surface area contributed by atoms with Crippen molar-refractivity contribution in [1.82, 2.24) is 0 Å². The van der Waals surface area contributed by atoms with Crippen LogP contribution in [0.15, 0.2) is 0 Å². The van der Waals surface area contributed by atoms with E-state index in [4.69, 9.17) is 9.84 Å². The molecule has 0 aromatic rings. The summed E-state index contributed by atoms with van der Waals surface area (Å²) in [7, 11) is 0. The van der Waals surface area contributed by atoms with Crippen molar-refractivity contribution in [3.8, 4) is 0 Å². The first-order chi connectivity index (χ1) is 3.91. The zero-order valence-corrected chi connectivity index (χ0v) is 4.97. The van der Waals surface area contributed by atoms with Crippen LogP contribution in [0.25, 0.3) is 0 Å². The molecule has 0 bridgehead atoms. The Morgan fingerprint density at radius 2 is 2.38 bits per heavy atom. The van der Waals surface area contributed by atoms with E-state index in [1.54, 1.807) is 6.61 Å². The summed E-state index contributed by atoms with van der Waals surface area (Å²) in [5, 5.41) is 8.20. The van der Waals surface area contributed by atoms with Crippen molar-refractivity contribution in [2.24, 2.45) is 0 Å². The maximum atomic E-state index is 8.20. The highest BCUT2D eigenvalue weighted by molar-refractivity contribution is 4.51. The molecule has 0 aliphatic rings. The summed E-state index contributed by atoms with van der Waals surface area (Å²) < 4.78 is 4.81.